The van der Waals surface area contributed by atoms with Gasteiger partial charge in [0.2, 0.25) is 12.3 Å². The molecule has 0 N–H and O–H groups in total. The monoisotopic (exact) mass is 290 g/mol. The average molecular weight is 290 g/mol. The second-order valence-electron chi connectivity index (χ2n) is 5.95. The molecule has 0 unspecified atom stereocenters. The molecule has 0 aliphatic heterocycles. The van der Waals surface area contributed by atoms with Crippen LogP contribution >= 0.6 is 0 Å². The number of hydrogen-bond donors (Lipinski definition) is 0. The molecule has 0 saturated heterocycles. The Hall–Kier alpha value is -2.48. The molecule has 0 atom stereocenters. The lowest BCUT2D eigenvalue weighted by molar-refractivity contribution is -0.681. The maximum atomic E-state index is 12.4. The fraction of sp³-hybridized carbons (Fsp3) is 0.200. The summed E-state index contributed by atoms with van der Waals surface area (Å²) in [4.78, 5) is 12.4. The molecule has 3 rings (SSSR count). The van der Waals surface area contributed by atoms with E-state index in [4.69, 9.17) is 0 Å². The first kappa shape index (κ1) is 14.5. The van der Waals surface area contributed by atoms with Gasteiger partial charge in [0.05, 0.1) is 0 Å². The first-order valence-corrected chi connectivity index (χ1v) is 7.64. The molecule has 1 aromatic heterocycles. The Balaban J connectivity index is 1.80. The summed E-state index contributed by atoms with van der Waals surface area (Å²) in [5.41, 5.74) is 2.03. The number of hydrogen-bond acceptors (Lipinski definition) is 1. The first-order valence-electron chi connectivity index (χ1n) is 7.64. The van der Waals surface area contributed by atoms with Crippen molar-refractivity contribution in [3.05, 3.63) is 78.1 Å². The summed E-state index contributed by atoms with van der Waals surface area (Å²) in [6.07, 6.45) is 3.98. The van der Waals surface area contributed by atoms with E-state index in [0.29, 0.717) is 12.5 Å². The largest absolute Gasteiger partial charge is 0.287 e. The predicted octanol–water partition coefficient (Wildman–Crippen LogP) is 4.13. The van der Waals surface area contributed by atoms with Gasteiger partial charge in [-0.3, -0.25) is 4.79 Å². The lowest BCUT2D eigenvalue weighted by Crippen LogP contribution is -2.37. The molecule has 0 aliphatic carbocycles. The number of carbonyl (C=O) groups is 1. The molecular formula is C20H20NO+. The van der Waals surface area contributed by atoms with Crippen molar-refractivity contribution >= 4 is 16.6 Å². The van der Waals surface area contributed by atoms with Gasteiger partial charge in [0.15, 0.2) is 12.4 Å². The minimum atomic E-state index is 0.135. The molecule has 2 aromatic carbocycles. The smallest absolute Gasteiger partial charge is 0.227 e. The summed E-state index contributed by atoms with van der Waals surface area (Å²) in [6.45, 7) is 4.68. The Bertz CT molecular complexity index is 803. The molecule has 2 heteroatoms. The summed E-state index contributed by atoms with van der Waals surface area (Å²) in [7, 11) is 0. The maximum absolute atomic E-state index is 12.4. The molecule has 0 aliphatic rings. The van der Waals surface area contributed by atoms with Gasteiger partial charge in [0.25, 0.3) is 0 Å². The molecule has 0 bridgehead atoms. The standard InChI is InChI=1S/C20H20NO/c1-15(2)16-7-9-18(10-8-16)20(22)14-21-12-11-17-5-3-4-6-19(17)13-21/h3-13,15H,14H2,1-2H3/q+1. The van der Waals surface area contributed by atoms with Crippen LogP contribution in [0.25, 0.3) is 10.8 Å². The molecule has 1 heterocycles. The number of fused-ring (bicyclic) bond motifs is 1. The van der Waals surface area contributed by atoms with Gasteiger partial charge in [-0.1, -0.05) is 56.3 Å². The Labute approximate surface area is 131 Å². The number of aromatic nitrogens is 1. The van der Waals surface area contributed by atoms with E-state index in [0.717, 1.165) is 10.9 Å². The van der Waals surface area contributed by atoms with Crippen molar-refractivity contribution in [2.24, 2.45) is 0 Å². The summed E-state index contributed by atoms with van der Waals surface area (Å²) < 4.78 is 1.95. The van der Waals surface area contributed by atoms with Gasteiger partial charge in [-0.15, -0.1) is 0 Å². The van der Waals surface area contributed by atoms with Crippen LogP contribution in [-0.4, -0.2) is 5.78 Å². The van der Waals surface area contributed by atoms with Crippen LogP contribution in [0.5, 0.6) is 0 Å². The third kappa shape index (κ3) is 3.06. The number of nitrogens with zero attached hydrogens (tertiary/aromatic N) is 1. The van der Waals surface area contributed by atoms with Gasteiger partial charge >= 0.3 is 0 Å². The molecule has 0 saturated carbocycles. The highest BCUT2D eigenvalue weighted by Crippen LogP contribution is 2.15. The number of ketones is 1. The van der Waals surface area contributed by atoms with Crippen molar-refractivity contribution in [1.29, 1.82) is 0 Å². The first-order chi connectivity index (χ1) is 10.6. The van der Waals surface area contributed by atoms with Crippen LogP contribution in [0, 0.1) is 0 Å². The highest BCUT2D eigenvalue weighted by molar-refractivity contribution is 5.95. The van der Waals surface area contributed by atoms with E-state index in [-0.39, 0.29) is 5.78 Å². The van der Waals surface area contributed by atoms with Crippen LogP contribution in [0.1, 0.15) is 35.7 Å². The third-order valence-corrected chi connectivity index (χ3v) is 3.97. The molecule has 0 radical (unpaired) electrons. The van der Waals surface area contributed by atoms with Gasteiger partial charge in [0, 0.05) is 17.0 Å². The number of benzene rings is 2. The molecular weight excluding hydrogens is 270 g/mol. The van der Waals surface area contributed by atoms with E-state index in [1.807, 2.05) is 59.4 Å². The van der Waals surface area contributed by atoms with Gasteiger partial charge < -0.3 is 0 Å². The SMILES string of the molecule is CC(C)c1ccc(C(=O)C[n+]2ccc3ccccc3c2)cc1. The van der Waals surface area contributed by atoms with Crippen molar-refractivity contribution in [2.75, 3.05) is 0 Å². The number of Topliss-reactive ketones (excluding diaryl/α,β-unsaturated/α-hetero) is 1. The summed E-state index contributed by atoms with van der Waals surface area (Å²) in [5, 5.41) is 2.33. The molecule has 0 fully saturated rings. The van der Waals surface area contributed by atoms with E-state index in [1.165, 1.54) is 10.9 Å². The van der Waals surface area contributed by atoms with Crippen molar-refractivity contribution in [2.45, 2.75) is 26.3 Å². The van der Waals surface area contributed by atoms with Crippen LogP contribution in [0.3, 0.4) is 0 Å². The topological polar surface area (TPSA) is 20.9 Å². The van der Waals surface area contributed by atoms with E-state index in [9.17, 15) is 4.79 Å². The van der Waals surface area contributed by atoms with Gasteiger partial charge in [-0.2, -0.15) is 4.57 Å². The normalized spacial score (nSPS) is 11.0. The quantitative estimate of drug-likeness (QED) is 0.523. The van der Waals surface area contributed by atoms with E-state index in [1.54, 1.807) is 0 Å². The number of pyridine rings is 1. The summed E-state index contributed by atoms with van der Waals surface area (Å²) >= 11 is 0. The second kappa shape index (κ2) is 6.10. The predicted molar refractivity (Wildman–Crippen MR) is 89.0 cm³/mol. The maximum Gasteiger partial charge on any atom is 0.227 e. The minimum absolute atomic E-state index is 0.135. The molecule has 2 nitrogen and oxygen atoms in total. The van der Waals surface area contributed by atoms with Crippen LogP contribution < -0.4 is 4.57 Å². The van der Waals surface area contributed by atoms with E-state index >= 15 is 0 Å². The Morgan fingerprint density at radius 3 is 2.32 bits per heavy atom. The van der Waals surface area contributed by atoms with Crippen molar-refractivity contribution in [1.82, 2.24) is 0 Å². The zero-order valence-corrected chi connectivity index (χ0v) is 13.0. The van der Waals surface area contributed by atoms with Gasteiger partial charge in [-0.05, 0) is 22.9 Å². The molecule has 22 heavy (non-hydrogen) atoms. The molecule has 110 valence electrons. The fourth-order valence-electron chi connectivity index (χ4n) is 2.59. The Morgan fingerprint density at radius 1 is 0.955 bits per heavy atom. The van der Waals surface area contributed by atoms with Crippen molar-refractivity contribution < 1.29 is 9.36 Å². The lowest BCUT2D eigenvalue weighted by Gasteiger charge is -2.05. The number of carbonyl (C=O) groups excluding carboxylic acids is 1. The fourth-order valence-corrected chi connectivity index (χ4v) is 2.59. The second-order valence-corrected chi connectivity index (χ2v) is 5.95. The van der Waals surface area contributed by atoms with Gasteiger partial charge in [0.1, 0.15) is 0 Å². The average Bonchev–Trinajstić information content (AvgIpc) is 2.55. The summed E-state index contributed by atoms with van der Waals surface area (Å²) in [5.74, 6) is 0.620. The Morgan fingerprint density at radius 2 is 1.64 bits per heavy atom. The lowest BCUT2D eigenvalue weighted by atomic mass is 10.0. The highest BCUT2D eigenvalue weighted by atomic mass is 16.1. The molecule has 3 aromatic rings. The van der Waals surface area contributed by atoms with Crippen LogP contribution in [-0.2, 0) is 6.54 Å². The van der Waals surface area contributed by atoms with Crippen molar-refractivity contribution in [3.8, 4) is 0 Å². The van der Waals surface area contributed by atoms with E-state index in [2.05, 4.69) is 26.0 Å². The Kier molecular flexibility index (Phi) is 4.01. The van der Waals surface area contributed by atoms with Crippen LogP contribution in [0.2, 0.25) is 0 Å². The van der Waals surface area contributed by atoms with Crippen LogP contribution in [0.4, 0.5) is 0 Å². The van der Waals surface area contributed by atoms with Crippen LogP contribution in [0.15, 0.2) is 67.0 Å². The molecule has 0 spiro atoms. The summed E-state index contributed by atoms with van der Waals surface area (Å²) in [6, 6.07) is 18.2. The minimum Gasteiger partial charge on any atom is -0.287 e. The zero-order chi connectivity index (χ0) is 15.5. The zero-order valence-electron chi connectivity index (χ0n) is 13.0. The third-order valence-electron chi connectivity index (χ3n) is 3.97. The van der Waals surface area contributed by atoms with Crippen molar-refractivity contribution in [3.63, 3.8) is 0 Å². The van der Waals surface area contributed by atoms with Gasteiger partial charge in [-0.25, -0.2) is 0 Å². The highest BCUT2D eigenvalue weighted by Gasteiger charge is 2.13. The van der Waals surface area contributed by atoms with E-state index < -0.39 is 0 Å². The molecule has 0 amide bonds. The number of rotatable bonds is 4.